The highest BCUT2D eigenvalue weighted by Gasteiger charge is 2.20. The van der Waals surface area contributed by atoms with Gasteiger partial charge in [-0.1, -0.05) is 12.1 Å². The molecule has 0 unspecified atom stereocenters. The summed E-state index contributed by atoms with van der Waals surface area (Å²) in [6.07, 6.45) is 0.170. The SMILES string of the molecule is Cc1ccc([N+](=O)[O-])c(OCC(=O)N(CCC#N)c2ccc(C)c(C)c2)c1. The highest BCUT2D eigenvalue weighted by atomic mass is 16.6. The van der Waals surface area contributed by atoms with Gasteiger partial charge in [0.2, 0.25) is 0 Å². The smallest absolute Gasteiger partial charge is 0.310 e. The molecule has 2 aromatic carbocycles. The number of aryl methyl sites for hydroxylation is 3. The standard InChI is InChI=1S/C20H21N3O4/c1-14-5-8-18(23(25)26)19(11-14)27-13-20(24)22(10-4-9-21)17-7-6-15(2)16(3)12-17/h5-8,11-12H,4,10,13H2,1-3H3. The molecule has 0 N–H and O–H groups in total. The largest absolute Gasteiger partial charge is 0.477 e. The summed E-state index contributed by atoms with van der Waals surface area (Å²) >= 11 is 0. The molecule has 7 nitrogen and oxygen atoms in total. The zero-order valence-electron chi connectivity index (χ0n) is 15.6. The van der Waals surface area contributed by atoms with Gasteiger partial charge in [-0.3, -0.25) is 14.9 Å². The normalized spacial score (nSPS) is 10.1. The molecule has 0 fully saturated rings. The van der Waals surface area contributed by atoms with E-state index in [-0.39, 0.29) is 36.9 Å². The molecule has 7 heteroatoms. The van der Waals surface area contributed by atoms with Crippen molar-refractivity contribution in [3.05, 3.63) is 63.2 Å². The lowest BCUT2D eigenvalue weighted by Gasteiger charge is -2.22. The Morgan fingerprint density at radius 3 is 2.56 bits per heavy atom. The molecule has 0 aliphatic heterocycles. The summed E-state index contributed by atoms with van der Waals surface area (Å²) in [4.78, 5) is 24.8. The molecule has 0 aliphatic carbocycles. The molecule has 0 bridgehead atoms. The lowest BCUT2D eigenvalue weighted by Crippen LogP contribution is -2.35. The van der Waals surface area contributed by atoms with Gasteiger partial charge in [0.25, 0.3) is 5.91 Å². The lowest BCUT2D eigenvalue weighted by molar-refractivity contribution is -0.385. The first-order valence-electron chi connectivity index (χ1n) is 8.46. The van der Waals surface area contributed by atoms with Crippen LogP contribution in [0.5, 0.6) is 5.75 Å². The van der Waals surface area contributed by atoms with E-state index in [0.29, 0.717) is 5.69 Å². The number of nitro benzene ring substituents is 1. The number of nitro groups is 1. The molecule has 0 saturated heterocycles. The average molecular weight is 367 g/mol. The summed E-state index contributed by atoms with van der Waals surface area (Å²) in [6, 6.07) is 12.1. The minimum atomic E-state index is -0.546. The molecule has 140 valence electrons. The van der Waals surface area contributed by atoms with Crippen LogP contribution in [0.15, 0.2) is 36.4 Å². The fourth-order valence-electron chi connectivity index (χ4n) is 2.56. The molecule has 0 heterocycles. The van der Waals surface area contributed by atoms with Crippen molar-refractivity contribution in [2.24, 2.45) is 0 Å². The molecule has 1 amide bonds. The molecular formula is C20H21N3O4. The average Bonchev–Trinajstić information content (AvgIpc) is 2.62. The van der Waals surface area contributed by atoms with Crippen LogP contribution in [0.1, 0.15) is 23.1 Å². The summed E-state index contributed by atoms with van der Waals surface area (Å²) in [5.74, 6) is -0.321. The van der Waals surface area contributed by atoms with Crippen LogP contribution in [-0.4, -0.2) is 24.0 Å². The van der Waals surface area contributed by atoms with Crippen molar-refractivity contribution in [3.63, 3.8) is 0 Å². The van der Waals surface area contributed by atoms with Crippen molar-refractivity contribution in [3.8, 4) is 11.8 Å². The molecule has 0 radical (unpaired) electrons. The number of rotatable bonds is 7. The number of nitriles is 1. The van der Waals surface area contributed by atoms with Crippen molar-refractivity contribution >= 4 is 17.3 Å². The van der Waals surface area contributed by atoms with E-state index in [4.69, 9.17) is 10.00 Å². The number of anilines is 1. The maximum Gasteiger partial charge on any atom is 0.310 e. The predicted octanol–water partition coefficient (Wildman–Crippen LogP) is 3.85. The van der Waals surface area contributed by atoms with Gasteiger partial charge in [0.15, 0.2) is 12.4 Å². The Balaban J connectivity index is 2.22. The molecule has 2 aromatic rings. The Morgan fingerprint density at radius 1 is 1.19 bits per heavy atom. The summed E-state index contributed by atoms with van der Waals surface area (Å²) < 4.78 is 5.46. The molecular weight excluding hydrogens is 346 g/mol. The number of amides is 1. The van der Waals surface area contributed by atoms with Crippen molar-refractivity contribution < 1.29 is 14.5 Å². The summed E-state index contributed by atoms with van der Waals surface area (Å²) in [6.45, 7) is 5.56. The number of carbonyl (C=O) groups excluding carboxylic acids is 1. The van der Waals surface area contributed by atoms with Crippen molar-refractivity contribution in [2.75, 3.05) is 18.1 Å². The molecule has 27 heavy (non-hydrogen) atoms. The molecule has 0 saturated carbocycles. The number of hydrogen-bond acceptors (Lipinski definition) is 5. The van der Waals surface area contributed by atoms with E-state index in [9.17, 15) is 14.9 Å². The Morgan fingerprint density at radius 2 is 1.93 bits per heavy atom. The second-order valence-electron chi connectivity index (χ2n) is 6.24. The maximum absolute atomic E-state index is 12.7. The first kappa shape index (κ1) is 19.9. The van der Waals surface area contributed by atoms with Crippen LogP contribution in [-0.2, 0) is 4.79 Å². The first-order chi connectivity index (χ1) is 12.8. The molecule has 0 aliphatic rings. The lowest BCUT2D eigenvalue weighted by atomic mass is 10.1. The number of benzene rings is 2. The topological polar surface area (TPSA) is 96.5 Å². The van der Waals surface area contributed by atoms with Crippen LogP contribution in [0.2, 0.25) is 0 Å². The summed E-state index contributed by atoms with van der Waals surface area (Å²) in [7, 11) is 0. The fraction of sp³-hybridized carbons (Fsp3) is 0.300. The third-order valence-corrected chi connectivity index (χ3v) is 4.21. The Labute approximate surface area is 157 Å². The summed E-state index contributed by atoms with van der Waals surface area (Å²) in [5, 5.41) is 20.0. The number of hydrogen-bond donors (Lipinski definition) is 0. The quantitative estimate of drug-likeness (QED) is 0.547. The van der Waals surface area contributed by atoms with Crippen LogP contribution in [0.25, 0.3) is 0 Å². The number of carbonyl (C=O) groups is 1. The molecule has 0 aromatic heterocycles. The van der Waals surface area contributed by atoms with Gasteiger partial charge in [0, 0.05) is 18.3 Å². The predicted molar refractivity (Wildman–Crippen MR) is 102 cm³/mol. The highest BCUT2D eigenvalue weighted by Crippen LogP contribution is 2.28. The second-order valence-corrected chi connectivity index (χ2v) is 6.24. The van der Waals surface area contributed by atoms with E-state index in [1.165, 1.54) is 17.0 Å². The van der Waals surface area contributed by atoms with Crippen LogP contribution in [0.3, 0.4) is 0 Å². The van der Waals surface area contributed by atoms with Crippen molar-refractivity contribution in [2.45, 2.75) is 27.2 Å². The van der Waals surface area contributed by atoms with Crippen LogP contribution >= 0.6 is 0 Å². The second kappa shape index (κ2) is 8.81. The molecule has 0 atom stereocenters. The Bertz CT molecular complexity index is 903. The van der Waals surface area contributed by atoms with Gasteiger partial charge >= 0.3 is 5.69 Å². The van der Waals surface area contributed by atoms with E-state index in [1.54, 1.807) is 13.0 Å². The summed E-state index contributed by atoms with van der Waals surface area (Å²) in [5.41, 5.74) is 3.39. The Kier molecular flexibility index (Phi) is 6.50. The van der Waals surface area contributed by atoms with Gasteiger partial charge in [-0.15, -0.1) is 0 Å². The van der Waals surface area contributed by atoms with E-state index in [1.807, 2.05) is 38.1 Å². The number of nitrogens with zero attached hydrogens (tertiary/aromatic N) is 3. The van der Waals surface area contributed by atoms with Gasteiger partial charge in [-0.2, -0.15) is 5.26 Å². The third kappa shape index (κ3) is 5.05. The minimum absolute atomic E-state index is 0.0497. The zero-order chi connectivity index (χ0) is 20.0. The molecule has 0 spiro atoms. The number of ether oxygens (including phenoxy) is 1. The van der Waals surface area contributed by atoms with Crippen LogP contribution in [0.4, 0.5) is 11.4 Å². The van der Waals surface area contributed by atoms with Crippen molar-refractivity contribution in [1.29, 1.82) is 5.26 Å². The fourth-order valence-corrected chi connectivity index (χ4v) is 2.56. The van der Waals surface area contributed by atoms with Gasteiger partial charge in [-0.25, -0.2) is 0 Å². The molecule has 2 rings (SSSR count). The van der Waals surface area contributed by atoms with E-state index < -0.39 is 4.92 Å². The van der Waals surface area contributed by atoms with Crippen LogP contribution in [0, 0.1) is 42.2 Å². The van der Waals surface area contributed by atoms with E-state index in [0.717, 1.165) is 16.7 Å². The minimum Gasteiger partial charge on any atom is -0.477 e. The zero-order valence-corrected chi connectivity index (χ0v) is 15.6. The Hall–Kier alpha value is -3.40. The maximum atomic E-state index is 12.7. The highest BCUT2D eigenvalue weighted by molar-refractivity contribution is 5.94. The van der Waals surface area contributed by atoms with Gasteiger partial charge in [0.1, 0.15) is 0 Å². The first-order valence-corrected chi connectivity index (χ1v) is 8.46. The van der Waals surface area contributed by atoms with E-state index >= 15 is 0 Å². The monoisotopic (exact) mass is 367 g/mol. The van der Waals surface area contributed by atoms with Gasteiger partial charge in [-0.05, 0) is 55.7 Å². The van der Waals surface area contributed by atoms with E-state index in [2.05, 4.69) is 0 Å². The van der Waals surface area contributed by atoms with Crippen molar-refractivity contribution in [1.82, 2.24) is 0 Å². The van der Waals surface area contributed by atoms with Gasteiger partial charge < -0.3 is 9.64 Å². The third-order valence-electron chi connectivity index (χ3n) is 4.21. The van der Waals surface area contributed by atoms with Gasteiger partial charge in [0.05, 0.1) is 17.4 Å². The van der Waals surface area contributed by atoms with Crippen LogP contribution < -0.4 is 9.64 Å².